The Balaban J connectivity index is 1.90. The Kier molecular flexibility index (Phi) is 8.86. The maximum absolute atomic E-state index is 11.6. The van der Waals surface area contributed by atoms with Crippen molar-refractivity contribution in [2.45, 2.75) is 51.4 Å². The van der Waals surface area contributed by atoms with Crippen molar-refractivity contribution in [2.75, 3.05) is 26.3 Å². The molecule has 0 aromatic carbocycles. The maximum atomic E-state index is 11.6. The number of nitrogens with two attached hydrogens (primary N) is 1. The molecule has 1 aliphatic rings. The second-order valence-electron chi connectivity index (χ2n) is 5.15. The summed E-state index contributed by atoms with van der Waals surface area (Å²) in [6, 6.07) is 0. The second-order valence-corrected chi connectivity index (χ2v) is 5.15. The summed E-state index contributed by atoms with van der Waals surface area (Å²) in [5.41, 5.74) is 5.31. The zero-order valence-electron chi connectivity index (χ0n) is 11.5. The Hall–Kier alpha value is -0.610. The summed E-state index contributed by atoms with van der Waals surface area (Å²) >= 11 is 0. The Morgan fingerprint density at radius 1 is 1.22 bits per heavy atom. The molecule has 0 bridgehead atoms. The van der Waals surface area contributed by atoms with Gasteiger partial charge in [0.2, 0.25) is 5.91 Å². The topological polar surface area (TPSA) is 64.3 Å². The van der Waals surface area contributed by atoms with Crippen LogP contribution in [0.2, 0.25) is 0 Å². The number of carbonyl (C=O) groups excluding carboxylic acids is 1. The van der Waals surface area contributed by atoms with Gasteiger partial charge < -0.3 is 15.8 Å². The van der Waals surface area contributed by atoms with Crippen LogP contribution in [0.5, 0.6) is 0 Å². The average Bonchev–Trinajstić information content (AvgIpc) is 2.41. The molecule has 0 aliphatic heterocycles. The van der Waals surface area contributed by atoms with Crippen molar-refractivity contribution in [1.82, 2.24) is 5.32 Å². The fourth-order valence-corrected chi connectivity index (χ4v) is 2.49. The minimum absolute atomic E-state index is 0.194. The molecule has 18 heavy (non-hydrogen) atoms. The van der Waals surface area contributed by atoms with Crippen molar-refractivity contribution in [2.24, 2.45) is 11.7 Å². The van der Waals surface area contributed by atoms with Crippen LogP contribution in [0.3, 0.4) is 0 Å². The number of hydrogen-bond acceptors (Lipinski definition) is 3. The molecule has 4 heteroatoms. The van der Waals surface area contributed by atoms with Crippen LogP contribution in [0, 0.1) is 5.92 Å². The van der Waals surface area contributed by atoms with Gasteiger partial charge >= 0.3 is 0 Å². The molecular weight excluding hydrogens is 228 g/mol. The molecule has 1 aliphatic carbocycles. The first kappa shape index (κ1) is 15.4. The van der Waals surface area contributed by atoms with E-state index in [4.69, 9.17) is 10.5 Å². The molecule has 1 amide bonds. The van der Waals surface area contributed by atoms with Gasteiger partial charge in [0.1, 0.15) is 0 Å². The fraction of sp³-hybridized carbons (Fsp3) is 0.929. The van der Waals surface area contributed by atoms with E-state index in [2.05, 4.69) is 5.32 Å². The van der Waals surface area contributed by atoms with E-state index in [0.29, 0.717) is 32.7 Å². The highest BCUT2D eigenvalue weighted by atomic mass is 16.5. The number of rotatable bonds is 9. The predicted molar refractivity (Wildman–Crippen MR) is 73.3 cm³/mol. The van der Waals surface area contributed by atoms with Crippen molar-refractivity contribution >= 4 is 5.91 Å². The van der Waals surface area contributed by atoms with Crippen LogP contribution >= 0.6 is 0 Å². The Morgan fingerprint density at radius 2 is 2.00 bits per heavy atom. The molecule has 0 atom stereocenters. The van der Waals surface area contributed by atoms with Crippen LogP contribution in [-0.4, -0.2) is 32.2 Å². The summed E-state index contributed by atoms with van der Waals surface area (Å²) in [5, 5.41) is 2.95. The summed E-state index contributed by atoms with van der Waals surface area (Å²) in [6.07, 6.45) is 9.35. The zero-order valence-corrected chi connectivity index (χ0v) is 11.5. The molecule has 106 valence electrons. The van der Waals surface area contributed by atoms with Crippen molar-refractivity contribution in [1.29, 1.82) is 0 Å². The van der Waals surface area contributed by atoms with E-state index in [-0.39, 0.29) is 5.91 Å². The highest BCUT2D eigenvalue weighted by Gasteiger charge is 2.14. The van der Waals surface area contributed by atoms with E-state index in [1.165, 1.54) is 32.1 Å². The monoisotopic (exact) mass is 256 g/mol. The molecule has 4 nitrogen and oxygen atoms in total. The lowest BCUT2D eigenvalue weighted by molar-refractivity contribution is -0.121. The lowest BCUT2D eigenvalue weighted by Crippen LogP contribution is -2.26. The number of nitrogens with one attached hydrogen (secondary N) is 1. The maximum Gasteiger partial charge on any atom is 0.220 e. The third kappa shape index (κ3) is 7.67. The van der Waals surface area contributed by atoms with Gasteiger partial charge in [-0.2, -0.15) is 0 Å². The largest absolute Gasteiger partial charge is 0.380 e. The van der Waals surface area contributed by atoms with E-state index in [1.54, 1.807) is 0 Å². The van der Waals surface area contributed by atoms with Crippen LogP contribution < -0.4 is 11.1 Å². The minimum Gasteiger partial charge on any atom is -0.380 e. The first-order valence-electron chi connectivity index (χ1n) is 7.37. The lowest BCUT2D eigenvalue weighted by Gasteiger charge is -2.20. The number of hydrogen-bond donors (Lipinski definition) is 2. The number of ether oxygens (including phenoxy) is 1. The van der Waals surface area contributed by atoms with Crippen molar-refractivity contribution < 1.29 is 9.53 Å². The third-order valence-corrected chi connectivity index (χ3v) is 3.55. The van der Waals surface area contributed by atoms with Gasteiger partial charge in [0.25, 0.3) is 0 Å². The second kappa shape index (κ2) is 10.3. The number of carbonyl (C=O) groups is 1. The van der Waals surface area contributed by atoms with Gasteiger partial charge in [0.05, 0.1) is 6.61 Å². The van der Waals surface area contributed by atoms with Gasteiger partial charge in [0.15, 0.2) is 0 Å². The Bertz CT molecular complexity index is 216. The Morgan fingerprint density at radius 3 is 2.72 bits per heavy atom. The SMILES string of the molecule is NCCOCCCNC(=O)CCC1CCCCC1. The predicted octanol–water partition coefficient (Wildman–Crippen LogP) is 1.83. The van der Waals surface area contributed by atoms with Crippen LogP contribution in [0.25, 0.3) is 0 Å². The van der Waals surface area contributed by atoms with E-state index in [9.17, 15) is 4.79 Å². The molecule has 0 unspecified atom stereocenters. The van der Waals surface area contributed by atoms with Crippen LogP contribution in [0.15, 0.2) is 0 Å². The van der Waals surface area contributed by atoms with Crippen molar-refractivity contribution in [3.05, 3.63) is 0 Å². The van der Waals surface area contributed by atoms with Gasteiger partial charge in [-0.3, -0.25) is 4.79 Å². The van der Waals surface area contributed by atoms with Gasteiger partial charge in [-0.1, -0.05) is 32.1 Å². The van der Waals surface area contributed by atoms with E-state index in [1.807, 2.05) is 0 Å². The zero-order chi connectivity index (χ0) is 13.1. The molecule has 0 aromatic rings. The summed E-state index contributed by atoms with van der Waals surface area (Å²) in [7, 11) is 0. The highest BCUT2D eigenvalue weighted by molar-refractivity contribution is 5.75. The van der Waals surface area contributed by atoms with Crippen molar-refractivity contribution in [3.8, 4) is 0 Å². The van der Waals surface area contributed by atoms with E-state index >= 15 is 0 Å². The average molecular weight is 256 g/mol. The highest BCUT2D eigenvalue weighted by Crippen LogP contribution is 2.27. The standard InChI is InChI=1S/C14H28N2O2/c15-9-12-18-11-4-10-16-14(17)8-7-13-5-2-1-3-6-13/h13H,1-12,15H2,(H,16,17). The Labute approximate surface area is 111 Å². The molecule has 1 rings (SSSR count). The molecule has 0 radical (unpaired) electrons. The van der Waals surface area contributed by atoms with Gasteiger partial charge in [-0.25, -0.2) is 0 Å². The normalized spacial score (nSPS) is 16.7. The summed E-state index contributed by atoms with van der Waals surface area (Å²) < 4.78 is 5.24. The van der Waals surface area contributed by atoms with Gasteiger partial charge in [-0.15, -0.1) is 0 Å². The van der Waals surface area contributed by atoms with E-state index < -0.39 is 0 Å². The molecule has 0 saturated heterocycles. The van der Waals surface area contributed by atoms with E-state index in [0.717, 1.165) is 18.8 Å². The third-order valence-electron chi connectivity index (χ3n) is 3.55. The molecule has 0 aromatic heterocycles. The fourth-order valence-electron chi connectivity index (χ4n) is 2.49. The molecule has 0 spiro atoms. The molecule has 1 fully saturated rings. The van der Waals surface area contributed by atoms with Crippen molar-refractivity contribution in [3.63, 3.8) is 0 Å². The first-order chi connectivity index (χ1) is 8.83. The van der Waals surface area contributed by atoms with Crippen LogP contribution in [-0.2, 0) is 9.53 Å². The molecule has 1 saturated carbocycles. The van der Waals surface area contributed by atoms with Gasteiger partial charge in [0, 0.05) is 26.1 Å². The number of amides is 1. The first-order valence-corrected chi connectivity index (χ1v) is 7.37. The smallest absolute Gasteiger partial charge is 0.220 e. The molecule has 0 heterocycles. The molecular formula is C14H28N2O2. The summed E-state index contributed by atoms with van der Waals surface area (Å²) in [6.45, 7) is 2.57. The summed E-state index contributed by atoms with van der Waals surface area (Å²) in [5.74, 6) is 0.983. The minimum atomic E-state index is 0.194. The summed E-state index contributed by atoms with van der Waals surface area (Å²) in [4.78, 5) is 11.6. The quantitative estimate of drug-likeness (QED) is 0.619. The van der Waals surface area contributed by atoms with Gasteiger partial charge in [-0.05, 0) is 18.8 Å². The van der Waals surface area contributed by atoms with Crippen LogP contribution in [0.1, 0.15) is 51.4 Å². The van der Waals surface area contributed by atoms with Crippen LogP contribution in [0.4, 0.5) is 0 Å². The lowest BCUT2D eigenvalue weighted by atomic mass is 9.86. The molecule has 3 N–H and O–H groups in total.